The van der Waals surface area contributed by atoms with Crippen molar-refractivity contribution >= 4 is 5.91 Å². The number of hydrogen-bond donors (Lipinski definition) is 1. The van der Waals surface area contributed by atoms with E-state index in [2.05, 4.69) is 24.1 Å². The molecule has 3 rings (SSSR count). The van der Waals surface area contributed by atoms with Gasteiger partial charge in [0.1, 0.15) is 0 Å². The molecule has 2 atom stereocenters. The van der Waals surface area contributed by atoms with E-state index in [0.717, 1.165) is 52.0 Å². The second-order valence-electron chi connectivity index (χ2n) is 7.62. The third-order valence-corrected chi connectivity index (χ3v) is 5.59. The first-order valence-electron chi connectivity index (χ1n) is 8.72. The normalized spacial score (nSPS) is 31.1. The molecule has 1 N–H and O–H groups in total. The number of carbonyl (C=O) groups is 1. The lowest BCUT2D eigenvalue weighted by Gasteiger charge is -2.25. The van der Waals surface area contributed by atoms with Gasteiger partial charge in [-0.1, -0.05) is 13.8 Å². The fourth-order valence-corrected chi connectivity index (χ4v) is 3.93. The first-order valence-corrected chi connectivity index (χ1v) is 8.72. The lowest BCUT2D eigenvalue weighted by atomic mass is 9.91. The maximum absolute atomic E-state index is 12.7. The van der Waals surface area contributed by atoms with E-state index < -0.39 is 0 Å². The summed E-state index contributed by atoms with van der Waals surface area (Å²) in [5.74, 6) is 1.41. The average Bonchev–Trinajstić information content (AvgIpc) is 2.94. The van der Waals surface area contributed by atoms with Crippen LogP contribution in [-0.4, -0.2) is 49.7 Å². The van der Waals surface area contributed by atoms with Crippen LogP contribution in [0.3, 0.4) is 0 Å². The van der Waals surface area contributed by atoms with Gasteiger partial charge in [0, 0.05) is 25.6 Å². The summed E-state index contributed by atoms with van der Waals surface area (Å²) in [6.07, 6.45) is 5.91. The molecule has 4 nitrogen and oxygen atoms in total. The highest BCUT2D eigenvalue weighted by atomic mass is 16.5. The zero-order valence-electron chi connectivity index (χ0n) is 13.6. The van der Waals surface area contributed by atoms with Crippen molar-refractivity contribution in [3.8, 4) is 0 Å². The highest BCUT2D eigenvalue weighted by molar-refractivity contribution is 5.83. The number of amides is 1. The quantitative estimate of drug-likeness (QED) is 0.843. The maximum atomic E-state index is 12.7. The SMILES string of the molecule is CC(C)CCOC1CCN(C(=O)C2CC23CCNCC3)C1. The van der Waals surface area contributed by atoms with Gasteiger partial charge < -0.3 is 15.0 Å². The van der Waals surface area contributed by atoms with Crippen LogP contribution in [-0.2, 0) is 9.53 Å². The third kappa shape index (κ3) is 3.42. The standard InChI is InChI=1S/C17H30N2O2/c1-13(2)4-10-21-14-3-9-19(12-14)16(20)15-11-17(15)5-7-18-8-6-17/h13-15,18H,3-12H2,1-2H3. The van der Waals surface area contributed by atoms with Crippen LogP contribution < -0.4 is 5.32 Å². The maximum Gasteiger partial charge on any atom is 0.226 e. The Morgan fingerprint density at radius 1 is 1.38 bits per heavy atom. The van der Waals surface area contributed by atoms with Gasteiger partial charge in [0.15, 0.2) is 0 Å². The van der Waals surface area contributed by atoms with Crippen molar-refractivity contribution in [2.75, 3.05) is 32.8 Å². The van der Waals surface area contributed by atoms with Crippen molar-refractivity contribution in [3.05, 3.63) is 0 Å². The van der Waals surface area contributed by atoms with E-state index in [1.165, 1.54) is 12.8 Å². The molecular formula is C17H30N2O2. The van der Waals surface area contributed by atoms with Crippen LogP contribution in [0.15, 0.2) is 0 Å². The number of carbonyl (C=O) groups excluding carboxylic acids is 1. The summed E-state index contributed by atoms with van der Waals surface area (Å²) in [7, 11) is 0. The van der Waals surface area contributed by atoms with Gasteiger partial charge in [-0.25, -0.2) is 0 Å². The number of piperidine rings is 1. The monoisotopic (exact) mass is 294 g/mol. The van der Waals surface area contributed by atoms with E-state index in [4.69, 9.17) is 4.74 Å². The Balaban J connectivity index is 1.43. The van der Waals surface area contributed by atoms with Crippen LogP contribution in [0, 0.1) is 17.3 Å². The van der Waals surface area contributed by atoms with Crippen molar-refractivity contribution in [1.29, 1.82) is 0 Å². The first kappa shape index (κ1) is 15.3. The smallest absolute Gasteiger partial charge is 0.226 e. The number of rotatable bonds is 5. The van der Waals surface area contributed by atoms with Crippen LogP contribution in [0.2, 0.25) is 0 Å². The van der Waals surface area contributed by atoms with Gasteiger partial charge in [0.25, 0.3) is 0 Å². The number of ether oxygens (including phenoxy) is 1. The molecule has 2 aliphatic heterocycles. The van der Waals surface area contributed by atoms with Crippen molar-refractivity contribution in [1.82, 2.24) is 10.2 Å². The Kier molecular flexibility index (Phi) is 4.55. The molecule has 2 saturated heterocycles. The molecule has 4 heteroatoms. The van der Waals surface area contributed by atoms with Crippen LogP contribution in [0.5, 0.6) is 0 Å². The van der Waals surface area contributed by atoms with Crippen LogP contribution >= 0.6 is 0 Å². The molecule has 0 aromatic heterocycles. The highest BCUT2D eigenvalue weighted by Crippen LogP contribution is 2.59. The molecule has 3 fully saturated rings. The van der Waals surface area contributed by atoms with E-state index in [9.17, 15) is 4.79 Å². The Morgan fingerprint density at radius 2 is 2.14 bits per heavy atom. The lowest BCUT2D eigenvalue weighted by molar-refractivity contribution is -0.133. The minimum atomic E-state index is 0.274. The second-order valence-corrected chi connectivity index (χ2v) is 7.62. The topological polar surface area (TPSA) is 41.6 Å². The fraction of sp³-hybridized carbons (Fsp3) is 0.941. The third-order valence-electron chi connectivity index (χ3n) is 5.59. The number of hydrogen-bond acceptors (Lipinski definition) is 3. The fourth-order valence-electron chi connectivity index (χ4n) is 3.93. The first-order chi connectivity index (χ1) is 10.1. The molecule has 1 amide bonds. The number of likely N-dealkylation sites (tertiary alicyclic amines) is 1. The van der Waals surface area contributed by atoms with Gasteiger partial charge in [-0.3, -0.25) is 4.79 Å². The van der Waals surface area contributed by atoms with Crippen molar-refractivity contribution in [2.45, 2.75) is 52.1 Å². The molecule has 1 aliphatic carbocycles. The Bertz CT molecular complexity index is 377. The molecule has 2 unspecified atom stereocenters. The second kappa shape index (κ2) is 6.25. The summed E-state index contributed by atoms with van der Waals surface area (Å²) in [4.78, 5) is 14.7. The average molecular weight is 294 g/mol. The number of nitrogens with one attached hydrogen (secondary N) is 1. The summed E-state index contributed by atoms with van der Waals surface area (Å²) in [5, 5.41) is 3.40. The summed E-state index contributed by atoms with van der Waals surface area (Å²) in [6, 6.07) is 0. The zero-order chi connectivity index (χ0) is 14.9. The molecule has 3 aliphatic rings. The minimum absolute atomic E-state index is 0.274. The summed E-state index contributed by atoms with van der Waals surface area (Å²) >= 11 is 0. The van der Waals surface area contributed by atoms with Crippen molar-refractivity contribution < 1.29 is 9.53 Å². The predicted molar refractivity (Wildman–Crippen MR) is 83.0 cm³/mol. The summed E-state index contributed by atoms with van der Waals surface area (Å²) in [5.41, 5.74) is 0.360. The molecule has 120 valence electrons. The van der Waals surface area contributed by atoms with Crippen LogP contribution in [0.4, 0.5) is 0 Å². The molecule has 21 heavy (non-hydrogen) atoms. The Morgan fingerprint density at radius 3 is 2.86 bits per heavy atom. The van der Waals surface area contributed by atoms with E-state index in [1.807, 2.05) is 0 Å². The zero-order valence-corrected chi connectivity index (χ0v) is 13.6. The van der Waals surface area contributed by atoms with Crippen LogP contribution in [0.1, 0.15) is 46.0 Å². The van der Waals surface area contributed by atoms with Gasteiger partial charge >= 0.3 is 0 Å². The largest absolute Gasteiger partial charge is 0.376 e. The molecule has 0 bridgehead atoms. The summed E-state index contributed by atoms with van der Waals surface area (Å²) < 4.78 is 5.93. The van der Waals surface area contributed by atoms with Crippen LogP contribution in [0.25, 0.3) is 0 Å². The van der Waals surface area contributed by atoms with E-state index in [1.54, 1.807) is 0 Å². The predicted octanol–water partition coefficient (Wildman–Crippen LogP) is 2.04. The Hall–Kier alpha value is -0.610. The van der Waals surface area contributed by atoms with Crippen molar-refractivity contribution in [2.24, 2.45) is 17.3 Å². The Labute approximate surface area is 128 Å². The van der Waals surface area contributed by atoms with E-state index >= 15 is 0 Å². The minimum Gasteiger partial charge on any atom is -0.376 e. The van der Waals surface area contributed by atoms with Gasteiger partial charge in [-0.05, 0) is 56.5 Å². The molecule has 2 heterocycles. The van der Waals surface area contributed by atoms with E-state index in [-0.39, 0.29) is 6.10 Å². The molecule has 0 aromatic rings. The lowest BCUT2D eigenvalue weighted by Crippen LogP contribution is -2.36. The molecule has 0 aromatic carbocycles. The van der Waals surface area contributed by atoms with E-state index in [0.29, 0.717) is 23.2 Å². The highest BCUT2D eigenvalue weighted by Gasteiger charge is 2.58. The molecule has 1 saturated carbocycles. The molecular weight excluding hydrogens is 264 g/mol. The molecule has 1 spiro atoms. The van der Waals surface area contributed by atoms with Crippen molar-refractivity contribution in [3.63, 3.8) is 0 Å². The van der Waals surface area contributed by atoms with Gasteiger partial charge in [0.2, 0.25) is 5.91 Å². The van der Waals surface area contributed by atoms with Gasteiger partial charge in [-0.2, -0.15) is 0 Å². The summed E-state index contributed by atoms with van der Waals surface area (Å²) in [6.45, 7) is 9.18. The molecule has 0 radical (unpaired) electrons. The van der Waals surface area contributed by atoms with Gasteiger partial charge in [0.05, 0.1) is 6.10 Å². The van der Waals surface area contributed by atoms with Gasteiger partial charge in [-0.15, -0.1) is 0 Å². The number of nitrogens with zero attached hydrogens (tertiary/aromatic N) is 1.